The number of hydrogen-bond acceptors (Lipinski definition) is 3. The summed E-state index contributed by atoms with van der Waals surface area (Å²) >= 11 is 6.11. The molecule has 4 rings (SSSR count). The van der Waals surface area contributed by atoms with E-state index in [0.29, 0.717) is 16.4 Å². The molecule has 0 saturated carbocycles. The predicted octanol–water partition coefficient (Wildman–Crippen LogP) is 5.42. The highest BCUT2D eigenvalue weighted by molar-refractivity contribution is 7.90. The standard InChI is InChI=1S/C22H17ClN2O2S/c1-16-10-12-20(13-11-16)28(26,27)25-22(17-6-3-2-4-7-17)15-21(24-25)18-8-5-9-19(23)14-18/h2-15H,1H3. The molecule has 6 heteroatoms. The highest BCUT2D eigenvalue weighted by Gasteiger charge is 2.24. The van der Waals surface area contributed by atoms with E-state index in [2.05, 4.69) is 5.10 Å². The van der Waals surface area contributed by atoms with Gasteiger partial charge in [-0.2, -0.15) is 17.6 Å². The first-order chi connectivity index (χ1) is 13.4. The van der Waals surface area contributed by atoms with Crippen LogP contribution in [0.1, 0.15) is 5.56 Å². The topological polar surface area (TPSA) is 52.0 Å². The molecule has 0 aliphatic rings. The van der Waals surface area contributed by atoms with Gasteiger partial charge in [-0.05, 0) is 37.3 Å². The molecule has 140 valence electrons. The minimum absolute atomic E-state index is 0.191. The molecular weight excluding hydrogens is 392 g/mol. The Labute approximate surface area is 169 Å². The Morgan fingerprint density at radius 2 is 1.50 bits per heavy atom. The molecule has 0 radical (unpaired) electrons. The average molecular weight is 409 g/mol. The van der Waals surface area contributed by atoms with Crippen molar-refractivity contribution in [3.8, 4) is 22.5 Å². The summed E-state index contributed by atoms with van der Waals surface area (Å²) in [6, 6.07) is 25.1. The molecule has 0 spiro atoms. The molecule has 1 aromatic heterocycles. The minimum Gasteiger partial charge on any atom is -0.199 e. The van der Waals surface area contributed by atoms with Crippen molar-refractivity contribution < 1.29 is 8.42 Å². The largest absolute Gasteiger partial charge is 0.283 e. The smallest absolute Gasteiger partial charge is 0.199 e. The summed E-state index contributed by atoms with van der Waals surface area (Å²) in [6.45, 7) is 1.91. The lowest BCUT2D eigenvalue weighted by Crippen LogP contribution is -2.16. The molecule has 0 fully saturated rings. The van der Waals surface area contributed by atoms with E-state index in [9.17, 15) is 8.42 Å². The Morgan fingerprint density at radius 3 is 2.18 bits per heavy atom. The van der Waals surface area contributed by atoms with Gasteiger partial charge < -0.3 is 0 Å². The zero-order chi connectivity index (χ0) is 19.7. The van der Waals surface area contributed by atoms with Gasteiger partial charge in [0.1, 0.15) is 0 Å². The van der Waals surface area contributed by atoms with Crippen LogP contribution in [0.15, 0.2) is 89.8 Å². The first kappa shape index (κ1) is 18.5. The quantitative estimate of drug-likeness (QED) is 0.453. The van der Waals surface area contributed by atoms with Crippen LogP contribution in [0, 0.1) is 6.92 Å². The summed E-state index contributed by atoms with van der Waals surface area (Å²) in [4.78, 5) is 0.191. The molecule has 4 nitrogen and oxygen atoms in total. The van der Waals surface area contributed by atoms with E-state index >= 15 is 0 Å². The zero-order valence-corrected chi connectivity index (χ0v) is 16.7. The number of nitrogens with zero attached hydrogens (tertiary/aromatic N) is 2. The maximum Gasteiger partial charge on any atom is 0.283 e. The number of rotatable bonds is 4. The van der Waals surface area contributed by atoms with Crippen molar-refractivity contribution in [1.82, 2.24) is 9.19 Å². The van der Waals surface area contributed by atoms with Crippen LogP contribution in [0.3, 0.4) is 0 Å². The molecule has 0 aliphatic heterocycles. The third-order valence-corrected chi connectivity index (χ3v) is 6.25. The van der Waals surface area contributed by atoms with Crippen LogP contribution < -0.4 is 0 Å². The molecule has 1 heterocycles. The van der Waals surface area contributed by atoms with Gasteiger partial charge in [0.15, 0.2) is 0 Å². The number of hydrogen-bond donors (Lipinski definition) is 0. The fraction of sp³-hybridized carbons (Fsp3) is 0.0455. The van der Waals surface area contributed by atoms with E-state index in [1.807, 2.05) is 49.4 Å². The van der Waals surface area contributed by atoms with Crippen LogP contribution in [0.25, 0.3) is 22.5 Å². The van der Waals surface area contributed by atoms with Crippen LogP contribution in [0.4, 0.5) is 0 Å². The third-order valence-electron chi connectivity index (χ3n) is 4.41. The SMILES string of the molecule is Cc1ccc(S(=O)(=O)n2nc(-c3cccc(Cl)c3)cc2-c2ccccc2)cc1. The lowest BCUT2D eigenvalue weighted by Gasteiger charge is -2.09. The van der Waals surface area contributed by atoms with Gasteiger partial charge in [-0.15, -0.1) is 0 Å². The second-order valence-corrected chi connectivity index (χ2v) is 8.66. The van der Waals surface area contributed by atoms with E-state index in [-0.39, 0.29) is 4.90 Å². The molecule has 0 bridgehead atoms. The minimum atomic E-state index is -3.86. The van der Waals surface area contributed by atoms with Gasteiger partial charge >= 0.3 is 0 Å². The fourth-order valence-corrected chi connectivity index (χ4v) is 4.43. The monoisotopic (exact) mass is 408 g/mol. The molecule has 0 unspecified atom stereocenters. The fourth-order valence-electron chi connectivity index (χ4n) is 2.95. The molecular formula is C22H17ClN2O2S. The third kappa shape index (κ3) is 3.46. The summed E-state index contributed by atoms with van der Waals surface area (Å²) in [5.74, 6) is 0. The Morgan fingerprint density at radius 1 is 0.821 bits per heavy atom. The summed E-state index contributed by atoms with van der Waals surface area (Å²) in [5, 5.41) is 5.00. The van der Waals surface area contributed by atoms with E-state index in [4.69, 9.17) is 11.6 Å². The summed E-state index contributed by atoms with van der Waals surface area (Å²) in [6.07, 6.45) is 0. The summed E-state index contributed by atoms with van der Waals surface area (Å²) < 4.78 is 27.8. The van der Waals surface area contributed by atoms with E-state index in [1.54, 1.807) is 42.5 Å². The first-order valence-electron chi connectivity index (χ1n) is 8.69. The van der Waals surface area contributed by atoms with Crippen LogP contribution in [-0.4, -0.2) is 17.6 Å². The van der Waals surface area contributed by atoms with Gasteiger partial charge in [-0.3, -0.25) is 0 Å². The molecule has 0 aliphatic carbocycles. The molecule has 28 heavy (non-hydrogen) atoms. The maximum absolute atomic E-state index is 13.3. The molecule has 0 atom stereocenters. The van der Waals surface area contributed by atoms with Crippen molar-refractivity contribution in [2.75, 3.05) is 0 Å². The highest BCUT2D eigenvalue weighted by Crippen LogP contribution is 2.30. The average Bonchev–Trinajstić information content (AvgIpc) is 3.15. The van der Waals surface area contributed by atoms with Gasteiger partial charge in [0.05, 0.1) is 16.3 Å². The van der Waals surface area contributed by atoms with E-state index < -0.39 is 10.0 Å². The van der Waals surface area contributed by atoms with Gasteiger partial charge in [-0.1, -0.05) is 71.8 Å². The van der Waals surface area contributed by atoms with Gasteiger partial charge in [0.25, 0.3) is 10.0 Å². The highest BCUT2D eigenvalue weighted by atomic mass is 35.5. The van der Waals surface area contributed by atoms with Crippen molar-refractivity contribution in [3.63, 3.8) is 0 Å². The number of benzene rings is 3. The molecule has 0 amide bonds. The molecule has 3 aromatic carbocycles. The second kappa shape index (κ2) is 7.26. The van der Waals surface area contributed by atoms with E-state index in [0.717, 1.165) is 20.8 Å². The molecule has 0 saturated heterocycles. The Bertz CT molecular complexity index is 1230. The summed E-state index contributed by atoms with van der Waals surface area (Å²) in [7, 11) is -3.86. The van der Waals surface area contributed by atoms with Gasteiger partial charge in [0, 0.05) is 16.1 Å². The Balaban J connectivity index is 1.94. The van der Waals surface area contributed by atoms with Gasteiger partial charge in [-0.25, -0.2) is 0 Å². The normalized spacial score (nSPS) is 11.5. The lowest BCUT2D eigenvalue weighted by molar-refractivity contribution is 0.581. The zero-order valence-electron chi connectivity index (χ0n) is 15.1. The Kier molecular flexibility index (Phi) is 4.79. The van der Waals surface area contributed by atoms with Crippen LogP contribution in [0.5, 0.6) is 0 Å². The second-order valence-electron chi connectivity index (χ2n) is 6.45. The van der Waals surface area contributed by atoms with Crippen LogP contribution in [0.2, 0.25) is 5.02 Å². The maximum atomic E-state index is 13.3. The number of halogens is 1. The lowest BCUT2D eigenvalue weighted by atomic mass is 10.1. The van der Waals surface area contributed by atoms with E-state index in [1.165, 1.54) is 0 Å². The van der Waals surface area contributed by atoms with Crippen molar-refractivity contribution >= 4 is 21.6 Å². The van der Waals surface area contributed by atoms with Gasteiger partial charge in [0.2, 0.25) is 0 Å². The number of aromatic nitrogens is 2. The van der Waals surface area contributed by atoms with Crippen molar-refractivity contribution in [1.29, 1.82) is 0 Å². The van der Waals surface area contributed by atoms with Crippen molar-refractivity contribution in [2.24, 2.45) is 0 Å². The number of aryl methyl sites for hydroxylation is 1. The van der Waals surface area contributed by atoms with Crippen molar-refractivity contribution in [3.05, 3.63) is 95.5 Å². The van der Waals surface area contributed by atoms with Crippen LogP contribution >= 0.6 is 11.6 Å². The Hall–Kier alpha value is -2.89. The summed E-state index contributed by atoms with van der Waals surface area (Å²) in [5.41, 5.74) is 3.54. The first-order valence-corrected chi connectivity index (χ1v) is 10.5. The van der Waals surface area contributed by atoms with Crippen LogP contribution in [-0.2, 0) is 10.0 Å². The molecule has 4 aromatic rings. The van der Waals surface area contributed by atoms with Crippen molar-refractivity contribution in [2.45, 2.75) is 11.8 Å². The molecule has 0 N–H and O–H groups in total. The predicted molar refractivity (Wildman–Crippen MR) is 112 cm³/mol.